The minimum Gasteiger partial charge on any atom is -0.355 e. The number of aryl methyl sites for hydroxylation is 1. The van der Waals surface area contributed by atoms with Crippen molar-refractivity contribution in [1.29, 1.82) is 0 Å². The molecule has 2 atom stereocenters. The molecule has 2 aromatic rings. The van der Waals surface area contributed by atoms with Crippen molar-refractivity contribution in [3.63, 3.8) is 0 Å². The van der Waals surface area contributed by atoms with Crippen molar-refractivity contribution in [1.82, 2.24) is 25.0 Å². The van der Waals surface area contributed by atoms with Crippen LogP contribution in [0.2, 0.25) is 0 Å². The summed E-state index contributed by atoms with van der Waals surface area (Å²) in [5, 5.41) is 4.09. The first-order chi connectivity index (χ1) is 12.1. The monoisotopic (exact) mass is 342 g/mol. The number of hydrogen-bond donors (Lipinski definition) is 0. The van der Waals surface area contributed by atoms with E-state index in [0.717, 1.165) is 55.5 Å². The third-order valence-corrected chi connectivity index (χ3v) is 5.40. The number of likely N-dealkylation sites (tertiary alicyclic amines) is 1. The molecular weight excluding hydrogens is 316 g/mol. The first kappa shape index (κ1) is 16.4. The van der Waals surface area contributed by atoms with Crippen molar-refractivity contribution in [2.75, 3.05) is 24.5 Å². The standard InChI is InChI=1S/C18H26N6O/c1-12(2)18-21-17(25-22-18)11-23-8-5-14-6-9-24(10-15(14)23)16-4-7-19-13(3)20-16/h4,7,12,14-15H,5-6,8-11H2,1-3H3. The summed E-state index contributed by atoms with van der Waals surface area (Å²) in [6, 6.07) is 2.54. The second-order valence-corrected chi connectivity index (χ2v) is 7.48. The van der Waals surface area contributed by atoms with Crippen molar-refractivity contribution in [3.8, 4) is 0 Å². The van der Waals surface area contributed by atoms with Gasteiger partial charge in [0.2, 0.25) is 5.89 Å². The molecule has 0 spiro atoms. The molecule has 7 heteroatoms. The van der Waals surface area contributed by atoms with Gasteiger partial charge in [-0.25, -0.2) is 9.97 Å². The molecule has 0 aromatic carbocycles. The van der Waals surface area contributed by atoms with Crippen LogP contribution >= 0.6 is 0 Å². The Morgan fingerprint density at radius 1 is 1.24 bits per heavy atom. The number of hydrogen-bond acceptors (Lipinski definition) is 7. The predicted molar refractivity (Wildman–Crippen MR) is 94.3 cm³/mol. The Morgan fingerprint density at radius 3 is 2.84 bits per heavy atom. The van der Waals surface area contributed by atoms with Gasteiger partial charge >= 0.3 is 0 Å². The number of aromatic nitrogens is 4. The highest BCUT2D eigenvalue weighted by molar-refractivity contribution is 5.38. The van der Waals surface area contributed by atoms with Gasteiger partial charge in [-0.05, 0) is 38.3 Å². The summed E-state index contributed by atoms with van der Waals surface area (Å²) in [6.07, 6.45) is 4.32. The molecule has 4 heterocycles. The fourth-order valence-corrected chi connectivity index (χ4v) is 3.99. The summed E-state index contributed by atoms with van der Waals surface area (Å²) in [6.45, 7) is 10.0. The molecule has 4 rings (SSSR count). The maximum atomic E-state index is 5.46. The Morgan fingerprint density at radius 2 is 2.08 bits per heavy atom. The Balaban J connectivity index is 1.46. The minimum atomic E-state index is 0.301. The molecular formula is C18H26N6O. The molecule has 2 saturated heterocycles. The number of fused-ring (bicyclic) bond motifs is 1. The van der Waals surface area contributed by atoms with E-state index in [4.69, 9.17) is 4.52 Å². The highest BCUT2D eigenvalue weighted by Crippen LogP contribution is 2.34. The van der Waals surface area contributed by atoms with Crippen molar-refractivity contribution in [2.24, 2.45) is 5.92 Å². The van der Waals surface area contributed by atoms with Gasteiger partial charge in [0, 0.05) is 31.2 Å². The first-order valence-corrected chi connectivity index (χ1v) is 9.21. The topological polar surface area (TPSA) is 71.2 Å². The maximum Gasteiger partial charge on any atom is 0.240 e. The molecule has 0 saturated carbocycles. The van der Waals surface area contributed by atoms with Crippen LogP contribution in [-0.2, 0) is 6.54 Å². The van der Waals surface area contributed by atoms with E-state index in [0.29, 0.717) is 12.0 Å². The smallest absolute Gasteiger partial charge is 0.240 e. The SMILES string of the molecule is Cc1nccc(N2CCC3CCN(Cc4nc(C(C)C)no4)C3C2)n1. The molecule has 2 aliphatic rings. The van der Waals surface area contributed by atoms with E-state index in [1.165, 1.54) is 12.8 Å². The molecule has 2 fully saturated rings. The van der Waals surface area contributed by atoms with E-state index in [1.54, 1.807) is 0 Å². The fourth-order valence-electron chi connectivity index (χ4n) is 3.99. The van der Waals surface area contributed by atoms with Crippen LogP contribution in [0.15, 0.2) is 16.8 Å². The van der Waals surface area contributed by atoms with Crippen LogP contribution in [0.5, 0.6) is 0 Å². The van der Waals surface area contributed by atoms with Crippen LogP contribution in [-0.4, -0.2) is 50.7 Å². The molecule has 0 radical (unpaired) electrons. The van der Waals surface area contributed by atoms with Crippen molar-refractivity contribution in [3.05, 3.63) is 29.8 Å². The molecule has 7 nitrogen and oxygen atoms in total. The normalized spacial score (nSPS) is 24.1. The van der Waals surface area contributed by atoms with Gasteiger partial charge in [0.25, 0.3) is 0 Å². The van der Waals surface area contributed by atoms with Gasteiger partial charge in [-0.15, -0.1) is 0 Å². The summed E-state index contributed by atoms with van der Waals surface area (Å²) in [4.78, 5) is 18.2. The molecule has 2 unspecified atom stereocenters. The molecule has 2 aromatic heterocycles. The molecule has 2 aliphatic heterocycles. The Bertz CT molecular complexity index is 730. The number of piperidine rings is 1. The summed E-state index contributed by atoms with van der Waals surface area (Å²) >= 11 is 0. The largest absolute Gasteiger partial charge is 0.355 e. The van der Waals surface area contributed by atoms with Gasteiger partial charge in [-0.3, -0.25) is 4.90 Å². The fraction of sp³-hybridized carbons (Fsp3) is 0.667. The highest BCUT2D eigenvalue weighted by Gasteiger charge is 2.39. The zero-order valence-electron chi connectivity index (χ0n) is 15.2. The van der Waals surface area contributed by atoms with Gasteiger partial charge in [0.15, 0.2) is 5.82 Å². The zero-order chi connectivity index (χ0) is 17.4. The third-order valence-electron chi connectivity index (χ3n) is 5.40. The van der Waals surface area contributed by atoms with Crippen LogP contribution in [0.3, 0.4) is 0 Å². The maximum absolute atomic E-state index is 5.46. The van der Waals surface area contributed by atoms with Crippen LogP contribution in [0.1, 0.15) is 50.1 Å². The van der Waals surface area contributed by atoms with Gasteiger partial charge in [-0.1, -0.05) is 19.0 Å². The van der Waals surface area contributed by atoms with E-state index in [1.807, 2.05) is 19.2 Å². The number of rotatable bonds is 4. The quantitative estimate of drug-likeness (QED) is 0.845. The predicted octanol–water partition coefficient (Wildman–Crippen LogP) is 2.39. The molecule has 0 N–H and O–H groups in total. The summed E-state index contributed by atoms with van der Waals surface area (Å²) in [5.74, 6) is 4.46. The zero-order valence-corrected chi connectivity index (χ0v) is 15.2. The Labute approximate surface area is 148 Å². The van der Waals surface area contributed by atoms with E-state index >= 15 is 0 Å². The first-order valence-electron chi connectivity index (χ1n) is 9.21. The van der Waals surface area contributed by atoms with Gasteiger partial charge < -0.3 is 9.42 Å². The highest BCUT2D eigenvalue weighted by atomic mass is 16.5. The van der Waals surface area contributed by atoms with Gasteiger partial charge in [0.1, 0.15) is 11.6 Å². The van der Waals surface area contributed by atoms with Crippen LogP contribution < -0.4 is 4.90 Å². The lowest BCUT2D eigenvalue weighted by Gasteiger charge is -2.38. The van der Waals surface area contributed by atoms with Crippen LogP contribution in [0.25, 0.3) is 0 Å². The molecule has 134 valence electrons. The molecule has 0 amide bonds. The van der Waals surface area contributed by atoms with Gasteiger partial charge in [0.05, 0.1) is 6.54 Å². The lowest BCUT2D eigenvalue weighted by Crippen LogP contribution is -2.48. The Kier molecular flexibility index (Phi) is 4.41. The molecule has 25 heavy (non-hydrogen) atoms. The van der Waals surface area contributed by atoms with E-state index in [-0.39, 0.29) is 0 Å². The second kappa shape index (κ2) is 6.71. The van der Waals surface area contributed by atoms with Crippen LogP contribution in [0.4, 0.5) is 5.82 Å². The lowest BCUT2D eigenvalue weighted by atomic mass is 9.92. The van der Waals surface area contributed by atoms with E-state index < -0.39 is 0 Å². The van der Waals surface area contributed by atoms with E-state index in [2.05, 4.69) is 43.8 Å². The van der Waals surface area contributed by atoms with Crippen LogP contribution in [0, 0.1) is 12.8 Å². The summed E-state index contributed by atoms with van der Waals surface area (Å²) in [5.41, 5.74) is 0. The Hall–Kier alpha value is -2.02. The lowest BCUT2D eigenvalue weighted by molar-refractivity contribution is 0.178. The molecule has 0 bridgehead atoms. The third kappa shape index (κ3) is 3.38. The average Bonchev–Trinajstić information content (AvgIpc) is 3.22. The number of nitrogens with zero attached hydrogens (tertiary/aromatic N) is 6. The van der Waals surface area contributed by atoms with Crippen molar-refractivity contribution < 1.29 is 4.52 Å². The molecule has 0 aliphatic carbocycles. The minimum absolute atomic E-state index is 0.301. The van der Waals surface area contributed by atoms with E-state index in [9.17, 15) is 0 Å². The van der Waals surface area contributed by atoms with Crippen molar-refractivity contribution in [2.45, 2.75) is 52.1 Å². The van der Waals surface area contributed by atoms with Gasteiger partial charge in [-0.2, -0.15) is 4.98 Å². The average molecular weight is 342 g/mol. The summed E-state index contributed by atoms with van der Waals surface area (Å²) in [7, 11) is 0. The summed E-state index contributed by atoms with van der Waals surface area (Å²) < 4.78 is 5.46. The van der Waals surface area contributed by atoms with Crippen molar-refractivity contribution >= 4 is 5.82 Å². The second-order valence-electron chi connectivity index (χ2n) is 7.48. The number of anilines is 1.